The molecule has 0 aliphatic carbocycles. The quantitative estimate of drug-likeness (QED) is 0.480. The van der Waals surface area contributed by atoms with Crippen molar-refractivity contribution >= 4 is 23.3 Å². The Morgan fingerprint density at radius 2 is 1.87 bits per heavy atom. The largest absolute Gasteiger partial charge is 0.386 e. The van der Waals surface area contributed by atoms with Gasteiger partial charge in [0.05, 0.1) is 10.6 Å². The van der Waals surface area contributed by atoms with Crippen LogP contribution >= 0.6 is 11.6 Å². The van der Waals surface area contributed by atoms with Crippen LogP contribution in [0.1, 0.15) is 56.0 Å². The molecule has 2 aliphatic heterocycles. The topological polar surface area (TPSA) is 88.6 Å². The average molecular weight is 537 g/mol. The Bertz CT molecular complexity index is 1230. The maximum atomic E-state index is 13.1. The maximum absolute atomic E-state index is 13.1. The Morgan fingerprint density at radius 1 is 1.13 bits per heavy atom. The number of anilines is 1. The molecule has 5 rings (SSSR count). The van der Waals surface area contributed by atoms with Crippen LogP contribution in [0, 0.1) is 0 Å². The zero-order valence-electron chi connectivity index (χ0n) is 22.4. The summed E-state index contributed by atoms with van der Waals surface area (Å²) in [7, 11) is 0. The van der Waals surface area contributed by atoms with Crippen molar-refractivity contribution in [2.45, 2.75) is 57.7 Å². The minimum absolute atomic E-state index is 0.0707. The molecule has 2 aromatic heterocycles. The summed E-state index contributed by atoms with van der Waals surface area (Å²) in [5.74, 6) is 1.66. The third-order valence-electron chi connectivity index (χ3n) is 7.95. The average Bonchev–Trinajstić information content (AvgIpc) is 3.47. The zero-order chi connectivity index (χ0) is 26.9. The number of carbonyl (C=O) groups excluding carboxylic acids is 1. The van der Waals surface area contributed by atoms with Crippen molar-refractivity contribution in [3.63, 3.8) is 0 Å². The molecule has 38 heavy (non-hydrogen) atoms. The molecule has 202 valence electrons. The molecule has 4 heterocycles. The lowest BCUT2D eigenvalue weighted by atomic mass is 9.96. The number of nitrogens with one attached hydrogen (secondary N) is 1. The molecule has 0 radical (unpaired) electrons. The fourth-order valence-electron chi connectivity index (χ4n) is 5.73. The van der Waals surface area contributed by atoms with Gasteiger partial charge in [0, 0.05) is 74.5 Å². The molecule has 2 N–H and O–H groups in total. The van der Waals surface area contributed by atoms with Crippen molar-refractivity contribution in [3.8, 4) is 11.4 Å². The number of piperazine rings is 1. The Morgan fingerprint density at radius 3 is 2.47 bits per heavy atom. The predicted molar refractivity (Wildman–Crippen MR) is 150 cm³/mol. The molecular formula is C29H37ClN6O2. The monoisotopic (exact) mass is 536 g/mol. The van der Waals surface area contributed by atoms with E-state index in [2.05, 4.69) is 26.7 Å². The number of benzene rings is 1. The van der Waals surface area contributed by atoms with Gasteiger partial charge in [-0.15, -0.1) is 0 Å². The van der Waals surface area contributed by atoms with Crippen LogP contribution in [0.25, 0.3) is 11.4 Å². The third kappa shape index (κ3) is 5.58. The number of carbonyl (C=O) groups is 1. The number of pyridine rings is 1. The Labute approximate surface area is 229 Å². The van der Waals surface area contributed by atoms with Gasteiger partial charge in [-0.1, -0.05) is 30.7 Å². The number of hydrogen-bond donors (Lipinski definition) is 2. The molecule has 1 amide bonds. The molecular weight excluding hydrogens is 500 g/mol. The Kier molecular flexibility index (Phi) is 7.75. The smallest absolute Gasteiger partial charge is 0.253 e. The van der Waals surface area contributed by atoms with E-state index in [1.807, 2.05) is 41.4 Å². The highest BCUT2D eigenvalue weighted by atomic mass is 35.5. The van der Waals surface area contributed by atoms with E-state index in [4.69, 9.17) is 16.6 Å². The summed E-state index contributed by atoms with van der Waals surface area (Å²) in [5.41, 5.74) is 1.45. The Hall–Kier alpha value is -2.94. The number of aliphatic hydroxyl groups is 1. The van der Waals surface area contributed by atoms with Crippen molar-refractivity contribution in [3.05, 3.63) is 65.1 Å². The lowest BCUT2D eigenvalue weighted by molar-refractivity contribution is 0.0490. The molecule has 3 aromatic rings. The molecule has 9 heteroatoms. The fraction of sp³-hybridized carbons (Fsp3) is 0.483. The molecule has 1 aromatic carbocycles. The van der Waals surface area contributed by atoms with Gasteiger partial charge >= 0.3 is 0 Å². The van der Waals surface area contributed by atoms with Gasteiger partial charge in [0.25, 0.3) is 5.91 Å². The van der Waals surface area contributed by atoms with Crippen LogP contribution in [0.4, 0.5) is 5.82 Å². The third-order valence-corrected chi connectivity index (χ3v) is 8.23. The number of imidazole rings is 1. The minimum Gasteiger partial charge on any atom is -0.386 e. The molecule has 0 bridgehead atoms. The van der Waals surface area contributed by atoms with Crippen LogP contribution in [-0.2, 0) is 5.60 Å². The van der Waals surface area contributed by atoms with E-state index in [1.165, 1.54) is 0 Å². The molecule has 8 nitrogen and oxygen atoms in total. The molecule has 2 aliphatic rings. The summed E-state index contributed by atoms with van der Waals surface area (Å²) in [5, 5.41) is 10.8. The fourth-order valence-corrected chi connectivity index (χ4v) is 6.01. The number of likely N-dealkylation sites (tertiary alicyclic amines) is 1. The summed E-state index contributed by atoms with van der Waals surface area (Å²) in [6.45, 7) is 9.97. The lowest BCUT2D eigenvalue weighted by Gasteiger charge is -2.47. The summed E-state index contributed by atoms with van der Waals surface area (Å²) in [6, 6.07) is 10.2. The van der Waals surface area contributed by atoms with Crippen LogP contribution < -0.4 is 4.90 Å². The second kappa shape index (κ2) is 11.0. The van der Waals surface area contributed by atoms with E-state index in [0.29, 0.717) is 22.7 Å². The summed E-state index contributed by atoms with van der Waals surface area (Å²) in [6.07, 6.45) is 8.34. The van der Waals surface area contributed by atoms with E-state index in [0.717, 1.165) is 74.8 Å². The van der Waals surface area contributed by atoms with Crippen molar-refractivity contribution in [1.29, 1.82) is 0 Å². The van der Waals surface area contributed by atoms with Gasteiger partial charge in [0.1, 0.15) is 11.6 Å². The minimum atomic E-state index is -0.912. The van der Waals surface area contributed by atoms with E-state index < -0.39 is 5.60 Å². The van der Waals surface area contributed by atoms with Crippen LogP contribution in [-0.4, -0.2) is 80.6 Å². The number of rotatable bonds is 6. The molecule has 0 unspecified atom stereocenters. The number of aromatic nitrogens is 3. The lowest BCUT2D eigenvalue weighted by Crippen LogP contribution is -2.58. The van der Waals surface area contributed by atoms with Gasteiger partial charge < -0.3 is 19.9 Å². The van der Waals surface area contributed by atoms with Gasteiger partial charge in [-0.05, 0) is 56.9 Å². The van der Waals surface area contributed by atoms with Gasteiger partial charge in [-0.2, -0.15) is 0 Å². The SMILES string of the molecule is CC[C@H]1CN(c2ncc(-c3ncc[nH]3)cc2Cl)CCN1C1CCN(C(=O)c2ccc(C(C)(C)O)cc2)CC1. The summed E-state index contributed by atoms with van der Waals surface area (Å²) < 4.78 is 0. The van der Waals surface area contributed by atoms with Crippen LogP contribution in [0.15, 0.2) is 48.9 Å². The Balaban J connectivity index is 1.18. The first-order valence-corrected chi connectivity index (χ1v) is 13.9. The normalized spacial score (nSPS) is 19.7. The van der Waals surface area contributed by atoms with E-state index in [-0.39, 0.29) is 5.91 Å². The van der Waals surface area contributed by atoms with Crippen LogP contribution in [0.2, 0.25) is 5.02 Å². The van der Waals surface area contributed by atoms with Crippen molar-refractivity contribution in [2.75, 3.05) is 37.6 Å². The zero-order valence-corrected chi connectivity index (χ0v) is 23.2. The van der Waals surface area contributed by atoms with Gasteiger partial charge in [-0.3, -0.25) is 9.69 Å². The molecule has 1 atom stereocenters. The van der Waals surface area contributed by atoms with E-state index in [9.17, 15) is 9.90 Å². The second-order valence-corrected chi connectivity index (χ2v) is 11.3. The van der Waals surface area contributed by atoms with E-state index in [1.54, 1.807) is 26.2 Å². The number of nitrogens with zero attached hydrogens (tertiary/aromatic N) is 5. The number of hydrogen-bond acceptors (Lipinski definition) is 6. The summed E-state index contributed by atoms with van der Waals surface area (Å²) >= 11 is 6.67. The van der Waals surface area contributed by atoms with Crippen molar-refractivity contribution in [1.82, 2.24) is 24.8 Å². The second-order valence-electron chi connectivity index (χ2n) is 10.9. The van der Waals surface area contributed by atoms with Gasteiger partial charge in [-0.25, -0.2) is 9.97 Å². The highest BCUT2D eigenvalue weighted by Gasteiger charge is 2.35. The van der Waals surface area contributed by atoms with Crippen LogP contribution in [0.3, 0.4) is 0 Å². The number of aromatic amines is 1. The molecule has 2 fully saturated rings. The van der Waals surface area contributed by atoms with Gasteiger partial charge in [0.2, 0.25) is 0 Å². The summed E-state index contributed by atoms with van der Waals surface area (Å²) in [4.78, 5) is 32.1. The van der Waals surface area contributed by atoms with Gasteiger partial charge in [0.15, 0.2) is 0 Å². The van der Waals surface area contributed by atoms with E-state index >= 15 is 0 Å². The highest BCUT2D eigenvalue weighted by Crippen LogP contribution is 2.31. The number of halogens is 1. The number of H-pyrrole nitrogens is 1. The van der Waals surface area contributed by atoms with Crippen molar-refractivity contribution in [2.24, 2.45) is 0 Å². The van der Waals surface area contributed by atoms with Crippen molar-refractivity contribution < 1.29 is 9.90 Å². The molecule has 0 spiro atoms. The van der Waals surface area contributed by atoms with Crippen LogP contribution in [0.5, 0.6) is 0 Å². The number of amides is 1. The highest BCUT2D eigenvalue weighted by molar-refractivity contribution is 6.33. The number of piperidine rings is 1. The predicted octanol–water partition coefficient (Wildman–Crippen LogP) is 4.56. The standard InChI is InChI=1S/C29H37ClN6O2/c1-4-23-19-35(27-25(30)17-21(18-33-27)26-31-11-12-32-26)15-16-36(23)24-9-13-34(14-10-24)28(37)20-5-7-22(8-6-20)29(2,3)38/h5-8,11-12,17-18,23-24,38H,4,9-10,13-16,19H2,1-3H3,(H,31,32)/t23-/m0/s1. The maximum Gasteiger partial charge on any atom is 0.253 e. The molecule has 2 saturated heterocycles. The first-order valence-electron chi connectivity index (χ1n) is 13.5. The first kappa shape index (κ1) is 26.7. The molecule has 0 saturated carbocycles. The first-order chi connectivity index (χ1) is 18.2.